The molecule has 16 heavy (non-hydrogen) atoms. The van der Waals surface area contributed by atoms with E-state index in [1.54, 1.807) is 24.5 Å². The largest absolute Gasteiger partial charge is 0.465 e. The van der Waals surface area contributed by atoms with E-state index >= 15 is 0 Å². The Balaban J connectivity index is 1.95. The lowest BCUT2D eigenvalue weighted by atomic mass is 10.3. The van der Waals surface area contributed by atoms with Crippen LogP contribution in [0.5, 0.6) is 0 Å². The first-order valence-corrected chi connectivity index (χ1v) is 5.03. The van der Waals surface area contributed by atoms with Crippen LogP contribution in [0.3, 0.4) is 0 Å². The number of nitrogens with one attached hydrogen (secondary N) is 1. The standard InChI is InChI=1S/C11H12N2O3/c14-10-8-13(6-5-12-10)11(15)4-3-9-2-1-7-16-9/h1-4,7H,5-6,8H2,(H,12,14). The van der Waals surface area contributed by atoms with Crippen molar-refractivity contribution in [3.63, 3.8) is 0 Å². The van der Waals surface area contributed by atoms with Crippen molar-refractivity contribution in [1.29, 1.82) is 0 Å². The Labute approximate surface area is 92.7 Å². The third kappa shape index (κ3) is 2.50. The van der Waals surface area contributed by atoms with Gasteiger partial charge < -0.3 is 14.6 Å². The molecule has 1 aliphatic heterocycles. The van der Waals surface area contributed by atoms with Gasteiger partial charge in [0.05, 0.1) is 12.8 Å². The molecule has 1 N–H and O–H groups in total. The van der Waals surface area contributed by atoms with E-state index in [0.29, 0.717) is 18.8 Å². The molecule has 84 valence electrons. The van der Waals surface area contributed by atoms with E-state index in [1.165, 1.54) is 11.0 Å². The number of carbonyl (C=O) groups is 2. The lowest BCUT2D eigenvalue weighted by molar-refractivity contribution is -0.134. The molecule has 0 unspecified atom stereocenters. The van der Waals surface area contributed by atoms with Gasteiger partial charge in [-0.1, -0.05) is 0 Å². The first kappa shape index (κ1) is 10.5. The van der Waals surface area contributed by atoms with Crippen LogP contribution >= 0.6 is 0 Å². The number of nitrogens with zero attached hydrogens (tertiary/aromatic N) is 1. The highest BCUT2D eigenvalue weighted by Crippen LogP contribution is 2.03. The Kier molecular flexibility index (Phi) is 3.05. The minimum absolute atomic E-state index is 0.119. The van der Waals surface area contributed by atoms with Gasteiger partial charge in [0.25, 0.3) is 0 Å². The van der Waals surface area contributed by atoms with Gasteiger partial charge in [-0.25, -0.2) is 0 Å². The number of furan rings is 1. The number of amides is 2. The average Bonchev–Trinajstić information content (AvgIpc) is 2.78. The second-order valence-corrected chi connectivity index (χ2v) is 3.46. The maximum absolute atomic E-state index is 11.7. The Morgan fingerprint density at radius 1 is 1.56 bits per heavy atom. The summed E-state index contributed by atoms with van der Waals surface area (Å²) in [6.45, 7) is 1.19. The predicted molar refractivity (Wildman–Crippen MR) is 57.3 cm³/mol. The van der Waals surface area contributed by atoms with Gasteiger partial charge in [0, 0.05) is 19.2 Å². The van der Waals surface area contributed by atoms with Crippen molar-refractivity contribution in [3.8, 4) is 0 Å². The number of hydrogen-bond acceptors (Lipinski definition) is 3. The smallest absolute Gasteiger partial charge is 0.247 e. The Morgan fingerprint density at radius 2 is 2.44 bits per heavy atom. The highest BCUT2D eigenvalue weighted by molar-refractivity contribution is 5.94. The third-order valence-electron chi connectivity index (χ3n) is 2.28. The fourth-order valence-electron chi connectivity index (χ4n) is 1.47. The molecule has 2 heterocycles. The molecule has 5 nitrogen and oxygen atoms in total. The highest BCUT2D eigenvalue weighted by Gasteiger charge is 2.18. The zero-order valence-electron chi connectivity index (χ0n) is 8.68. The molecule has 1 aliphatic rings. The number of piperazine rings is 1. The zero-order chi connectivity index (χ0) is 11.4. The number of hydrogen-bond donors (Lipinski definition) is 1. The fourth-order valence-corrected chi connectivity index (χ4v) is 1.47. The van der Waals surface area contributed by atoms with E-state index in [9.17, 15) is 9.59 Å². The van der Waals surface area contributed by atoms with Gasteiger partial charge in [0.15, 0.2) is 0 Å². The van der Waals surface area contributed by atoms with Gasteiger partial charge in [-0.05, 0) is 18.2 Å². The molecule has 0 spiro atoms. The van der Waals surface area contributed by atoms with Crippen molar-refractivity contribution in [2.75, 3.05) is 19.6 Å². The van der Waals surface area contributed by atoms with Crippen molar-refractivity contribution >= 4 is 17.9 Å². The summed E-state index contributed by atoms with van der Waals surface area (Å²) in [4.78, 5) is 24.2. The predicted octanol–water partition coefficient (Wildman–Crippen LogP) is 0.251. The van der Waals surface area contributed by atoms with Crippen LogP contribution in [-0.4, -0.2) is 36.3 Å². The van der Waals surface area contributed by atoms with Gasteiger partial charge in [0.1, 0.15) is 5.76 Å². The van der Waals surface area contributed by atoms with Gasteiger partial charge >= 0.3 is 0 Å². The minimum atomic E-state index is -0.175. The molecule has 0 bridgehead atoms. The Bertz CT molecular complexity index is 409. The molecule has 1 aromatic heterocycles. The van der Waals surface area contributed by atoms with Crippen molar-refractivity contribution in [3.05, 3.63) is 30.2 Å². The van der Waals surface area contributed by atoms with Crippen LogP contribution in [0.4, 0.5) is 0 Å². The maximum Gasteiger partial charge on any atom is 0.247 e. The van der Waals surface area contributed by atoms with E-state index in [2.05, 4.69) is 5.32 Å². The lowest BCUT2D eigenvalue weighted by Gasteiger charge is -2.25. The van der Waals surface area contributed by atoms with Crippen LogP contribution < -0.4 is 5.32 Å². The van der Waals surface area contributed by atoms with Crippen LogP contribution in [0.25, 0.3) is 6.08 Å². The normalized spacial score (nSPS) is 16.5. The SMILES string of the molecule is O=C1CN(C(=O)C=Cc2ccco2)CCN1. The fraction of sp³-hybridized carbons (Fsp3) is 0.273. The van der Waals surface area contributed by atoms with Gasteiger partial charge in [-0.3, -0.25) is 9.59 Å². The summed E-state index contributed by atoms with van der Waals surface area (Å²) in [7, 11) is 0. The molecule has 0 aliphatic carbocycles. The Morgan fingerprint density at radius 3 is 3.12 bits per heavy atom. The highest BCUT2D eigenvalue weighted by atomic mass is 16.3. The van der Waals surface area contributed by atoms with Crippen molar-refractivity contribution in [2.45, 2.75) is 0 Å². The number of carbonyl (C=O) groups excluding carboxylic acids is 2. The molecule has 2 rings (SSSR count). The second kappa shape index (κ2) is 4.65. The molecule has 5 heteroatoms. The van der Waals surface area contributed by atoms with Gasteiger partial charge in [-0.2, -0.15) is 0 Å². The van der Waals surface area contributed by atoms with Crippen LogP contribution in [0.2, 0.25) is 0 Å². The molecule has 1 aromatic rings. The van der Waals surface area contributed by atoms with Crippen molar-refractivity contribution in [1.82, 2.24) is 10.2 Å². The lowest BCUT2D eigenvalue weighted by Crippen LogP contribution is -2.49. The summed E-state index contributed by atoms with van der Waals surface area (Å²) in [6, 6.07) is 3.51. The Hall–Kier alpha value is -2.04. The summed E-state index contributed by atoms with van der Waals surface area (Å²) >= 11 is 0. The summed E-state index contributed by atoms with van der Waals surface area (Å²) < 4.78 is 5.06. The molecular weight excluding hydrogens is 208 g/mol. The third-order valence-corrected chi connectivity index (χ3v) is 2.28. The molecule has 2 amide bonds. The first-order valence-electron chi connectivity index (χ1n) is 5.03. The summed E-state index contributed by atoms with van der Waals surface area (Å²) in [5.41, 5.74) is 0. The topological polar surface area (TPSA) is 62.6 Å². The maximum atomic E-state index is 11.7. The van der Waals surface area contributed by atoms with Crippen molar-refractivity contribution in [2.24, 2.45) is 0 Å². The van der Waals surface area contributed by atoms with Gasteiger partial charge in [0.2, 0.25) is 11.8 Å². The number of rotatable bonds is 2. The molecule has 1 fully saturated rings. The second-order valence-electron chi connectivity index (χ2n) is 3.46. The van der Waals surface area contributed by atoms with Crippen LogP contribution in [0.1, 0.15) is 5.76 Å². The van der Waals surface area contributed by atoms with Crippen molar-refractivity contribution < 1.29 is 14.0 Å². The zero-order valence-corrected chi connectivity index (χ0v) is 8.68. The van der Waals surface area contributed by atoms with Gasteiger partial charge in [-0.15, -0.1) is 0 Å². The van der Waals surface area contributed by atoms with Crippen LogP contribution in [0.15, 0.2) is 28.9 Å². The molecule has 0 radical (unpaired) electrons. The quantitative estimate of drug-likeness (QED) is 0.727. The first-order chi connectivity index (χ1) is 7.75. The van der Waals surface area contributed by atoms with E-state index in [0.717, 1.165) is 0 Å². The monoisotopic (exact) mass is 220 g/mol. The summed E-state index contributed by atoms with van der Waals surface area (Å²) in [5.74, 6) is 0.326. The summed E-state index contributed by atoms with van der Waals surface area (Å²) in [6.07, 6.45) is 4.55. The molecule has 0 atom stereocenters. The van der Waals surface area contributed by atoms with E-state index in [-0.39, 0.29) is 18.4 Å². The van der Waals surface area contributed by atoms with E-state index in [1.807, 2.05) is 0 Å². The molecular formula is C11H12N2O3. The summed E-state index contributed by atoms with van der Waals surface area (Å²) in [5, 5.41) is 2.66. The van der Waals surface area contributed by atoms with Crippen LogP contribution in [-0.2, 0) is 9.59 Å². The van der Waals surface area contributed by atoms with E-state index < -0.39 is 0 Å². The minimum Gasteiger partial charge on any atom is -0.465 e. The van der Waals surface area contributed by atoms with Crippen LogP contribution in [0, 0.1) is 0 Å². The molecule has 0 saturated carbocycles. The van der Waals surface area contributed by atoms with E-state index in [4.69, 9.17) is 4.42 Å². The average molecular weight is 220 g/mol. The molecule has 1 saturated heterocycles. The molecule has 0 aromatic carbocycles.